The lowest BCUT2D eigenvalue weighted by atomic mass is 10.4. The molecular formula is C12H16S2Si. The van der Waals surface area contributed by atoms with Crippen LogP contribution in [0.4, 0.5) is 0 Å². The number of thiophene rings is 2. The van der Waals surface area contributed by atoms with E-state index in [2.05, 4.69) is 50.8 Å². The highest BCUT2D eigenvalue weighted by Gasteiger charge is 2.19. The minimum Gasteiger partial charge on any atom is -0.144 e. The second-order valence-electron chi connectivity index (χ2n) is 4.82. The molecule has 0 nitrogen and oxygen atoms in total. The van der Waals surface area contributed by atoms with Crippen LogP contribution in [0.2, 0.25) is 19.6 Å². The van der Waals surface area contributed by atoms with E-state index in [-0.39, 0.29) is 0 Å². The van der Waals surface area contributed by atoms with Gasteiger partial charge >= 0.3 is 0 Å². The summed E-state index contributed by atoms with van der Waals surface area (Å²) in [6, 6.07) is 9.04. The first kappa shape index (κ1) is 11.1. The fourth-order valence-corrected chi connectivity index (χ4v) is 5.29. The van der Waals surface area contributed by atoms with Crippen molar-refractivity contribution in [2.45, 2.75) is 26.6 Å². The Morgan fingerprint density at radius 2 is 1.47 bits per heavy atom. The molecule has 0 aliphatic heterocycles. The SMILES string of the molecule is Cc1ccc(-c2ccc([Si](C)(C)C)s2)s1. The van der Waals surface area contributed by atoms with E-state index in [1.165, 1.54) is 14.6 Å². The van der Waals surface area contributed by atoms with Crippen LogP contribution in [0.15, 0.2) is 24.3 Å². The molecule has 2 heterocycles. The Morgan fingerprint density at radius 3 is 1.93 bits per heavy atom. The van der Waals surface area contributed by atoms with Gasteiger partial charge in [-0.1, -0.05) is 25.7 Å². The van der Waals surface area contributed by atoms with Gasteiger partial charge in [-0.2, -0.15) is 0 Å². The second kappa shape index (κ2) is 3.89. The average Bonchev–Trinajstić information content (AvgIpc) is 2.69. The van der Waals surface area contributed by atoms with Crippen LogP contribution in [-0.2, 0) is 0 Å². The molecule has 0 radical (unpaired) electrons. The minimum atomic E-state index is -1.12. The van der Waals surface area contributed by atoms with Crippen molar-refractivity contribution in [2.24, 2.45) is 0 Å². The summed E-state index contributed by atoms with van der Waals surface area (Å²) >= 11 is 3.87. The van der Waals surface area contributed by atoms with Gasteiger partial charge in [0.15, 0.2) is 0 Å². The molecule has 0 saturated heterocycles. The van der Waals surface area contributed by atoms with Crippen molar-refractivity contribution in [3.8, 4) is 9.75 Å². The molecule has 2 rings (SSSR count). The Kier molecular flexibility index (Phi) is 2.88. The van der Waals surface area contributed by atoms with E-state index in [0.29, 0.717) is 0 Å². The molecule has 0 atom stereocenters. The van der Waals surface area contributed by atoms with Crippen LogP contribution in [0.25, 0.3) is 9.75 Å². The molecule has 3 heteroatoms. The third-order valence-corrected chi connectivity index (χ3v) is 8.21. The summed E-state index contributed by atoms with van der Waals surface area (Å²) in [6.45, 7) is 9.38. The molecule has 0 unspecified atom stereocenters. The van der Waals surface area contributed by atoms with E-state index in [9.17, 15) is 0 Å². The minimum absolute atomic E-state index is 1.12. The maximum absolute atomic E-state index is 2.41. The quantitative estimate of drug-likeness (QED) is 0.698. The number of rotatable bonds is 2. The molecular weight excluding hydrogens is 236 g/mol. The molecule has 0 N–H and O–H groups in total. The van der Waals surface area contributed by atoms with Crippen molar-refractivity contribution in [1.29, 1.82) is 0 Å². The second-order valence-corrected chi connectivity index (χ2v) is 12.6. The first-order valence-electron chi connectivity index (χ1n) is 5.14. The van der Waals surface area contributed by atoms with Crippen LogP contribution in [0.1, 0.15) is 4.88 Å². The van der Waals surface area contributed by atoms with E-state index in [4.69, 9.17) is 0 Å². The standard InChI is InChI=1S/C12H16S2Si/c1-9-5-6-10(13-9)11-7-8-12(14-11)15(2,3)4/h5-8H,1-4H3. The molecule has 0 fully saturated rings. The third kappa shape index (κ3) is 2.41. The highest BCUT2D eigenvalue weighted by atomic mass is 32.1. The van der Waals surface area contributed by atoms with Gasteiger partial charge in [0.1, 0.15) is 0 Å². The van der Waals surface area contributed by atoms with Crippen molar-refractivity contribution in [2.75, 3.05) is 0 Å². The lowest BCUT2D eigenvalue weighted by Crippen LogP contribution is -2.34. The van der Waals surface area contributed by atoms with Crippen LogP contribution in [0.5, 0.6) is 0 Å². The molecule has 15 heavy (non-hydrogen) atoms. The van der Waals surface area contributed by atoms with Gasteiger partial charge in [0, 0.05) is 14.6 Å². The van der Waals surface area contributed by atoms with Crippen molar-refractivity contribution < 1.29 is 0 Å². The van der Waals surface area contributed by atoms with Crippen LogP contribution in [0, 0.1) is 6.92 Å². The van der Waals surface area contributed by atoms with Gasteiger partial charge in [0.05, 0.1) is 8.07 Å². The van der Waals surface area contributed by atoms with Crippen molar-refractivity contribution in [3.05, 3.63) is 29.1 Å². The highest BCUT2D eigenvalue weighted by molar-refractivity contribution is 7.30. The number of aryl methyl sites for hydroxylation is 1. The smallest absolute Gasteiger partial charge is 0.0904 e. The van der Waals surface area contributed by atoms with Gasteiger partial charge in [-0.3, -0.25) is 0 Å². The van der Waals surface area contributed by atoms with Crippen molar-refractivity contribution in [3.63, 3.8) is 0 Å². The fraction of sp³-hybridized carbons (Fsp3) is 0.333. The van der Waals surface area contributed by atoms with Gasteiger partial charge < -0.3 is 0 Å². The van der Waals surface area contributed by atoms with Crippen LogP contribution < -0.4 is 4.50 Å². The lowest BCUT2D eigenvalue weighted by molar-refractivity contribution is 1.64. The first-order valence-corrected chi connectivity index (χ1v) is 10.3. The molecule has 0 aliphatic rings. The number of hydrogen-bond acceptors (Lipinski definition) is 2. The fourth-order valence-electron chi connectivity index (χ4n) is 1.44. The zero-order valence-corrected chi connectivity index (χ0v) is 12.3. The Bertz CT molecular complexity index is 460. The van der Waals surface area contributed by atoms with E-state index in [0.717, 1.165) is 0 Å². The van der Waals surface area contributed by atoms with Gasteiger partial charge in [-0.25, -0.2) is 0 Å². The van der Waals surface area contributed by atoms with Crippen LogP contribution in [0.3, 0.4) is 0 Å². The average molecular weight is 252 g/mol. The van der Waals surface area contributed by atoms with Crippen molar-refractivity contribution in [1.82, 2.24) is 0 Å². The summed E-state index contributed by atoms with van der Waals surface area (Å²) in [6.07, 6.45) is 0. The normalized spacial score (nSPS) is 12.0. The number of hydrogen-bond donors (Lipinski definition) is 0. The molecule has 2 aromatic heterocycles. The van der Waals surface area contributed by atoms with Crippen LogP contribution >= 0.6 is 22.7 Å². The largest absolute Gasteiger partial charge is 0.144 e. The van der Waals surface area contributed by atoms with E-state index in [1.807, 2.05) is 22.7 Å². The highest BCUT2D eigenvalue weighted by Crippen LogP contribution is 2.31. The molecule has 0 aliphatic carbocycles. The van der Waals surface area contributed by atoms with Gasteiger partial charge in [0.2, 0.25) is 0 Å². The maximum Gasteiger partial charge on any atom is 0.0904 e. The molecule has 80 valence electrons. The summed E-state index contributed by atoms with van der Waals surface area (Å²) in [5.74, 6) is 0. The monoisotopic (exact) mass is 252 g/mol. The zero-order chi connectivity index (χ0) is 11.1. The first-order chi connectivity index (χ1) is 6.97. The summed E-state index contributed by atoms with van der Waals surface area (Å²) in [5, 5.41) is 0. The summed E-state index contributed by atoms with van der Waals surface area (Å²) < 4.78 is 1.60. The molecule has 2 aromatic rings. The van der Waals surface area contributed by atoms with Gasteiger partial charge in [0.25, 0.3) is 0 Å². The zero-order valence-electron chi connectivity index (χ0n) is 9.63. The molecule has 0 saturated carbocycles. The lowest BCUT2D eigenvalue weighted by Gasteiger charge is -2.12. The Hall–Kier alpha value is -0.383. The Balaban J connectivity index is 2.36. The predicted molar refractivity (Wildman–Crippen MR) is 75.3 cm³/mol. The summed E-state index contributed by atoms with van der Waals surface area (Å²) in [7, 11) is -1.12. The van der Waals surface area contributed by atoms with Crippen molar-refractivity contribution >= 4 is 35.2 Å². The molecule has 0 spiro atoms. The molecule has 0 aromatic carbocycles. The van der Waals surface area contributed by atoms with Gasteiger partial charge in [-0.05, 0) is 29.6 Å². The van der Waals surface area contributed by atoms with E-state index < -0.39 is 8.07 Å². The van der Waals surface area contributed by atoms with Gasteiger partial charge in [-0.15, -0.1) is 22.7 Å². The Labute approximate surface area is 101 Å². The molecule has 0 amide bonds. The Morgan fingerprint density at radius 1 is 0.867 bits per heavy atom. The van der Waals surface area contributed by atoms with E-state index >= 15 is 0 Å². The third-order valence-electron chi connectivity index (χ3n) is 2.33. The topological polar surface area (TPSA) is 0 Å². The van der Waals surface area contributed by atoms with Crippen LogP contribution in [-0.4, -0.2) is 8.07 Å². The summed E-state index contributed by atoms with van der Waals surface area (Å²) in [5.41, 5.74) is 0. The molecule has 0 bridgehead atoms. The van der Waals surface area contributed by atoms with E-state index in [1.54, 1.807) is 4.50 Å². The summed E-state index contributed by atoms with van der Waals surface area (Å²) in [4.78, 5) is 4.25. The maximum atomic E-state index is 2.41. The predicted octanol–water partition coefficient (Wildman–Crippen LogP) is 4.33.